The third kappa shape index (κ3) is 10.8. The first kappa shape index (κ1) is 42.6. The molecule has 12 nitrogen and oxygen atoms in total. The number of nitrogens with zero attached hydrogens (tertiary/aromatic N) is 1. The SMILES string of the molecule is C=C1C[C@@H](C(=O)C[C@@H](CCC)C(OC)C(=O)CC2CC2)N(C(=O)OCC2c3ccccc3-c3ccccc32)C1.CC(C)(C)[C@H](NC(=O)O[C@H]1CCOC1)C(=O)O. The van der Waals surface area contributed by atoms with Crippen LogP contribution in [0.3, 0.4) is 0 Å². The average molecular weight is 775 g/mol. The number of ketones is 2. The molecule has 12 heteroatoms. The van der Waals surface area contributed by atoms with Crippen LogP contribution in [0.5, 0.6) is 0 Å². The van der Waals surface area contributed by atoms with Crippen molar-refractivity contribution in [3.05, 3.63) is 71.8 Å². The number of carbonyl (C=O) groups excluding carboxylic acids is 4. The highest BCUT2D eigenvalue weighted by molar-refractivity contribution is 5.90. The van der Waals surface area contributed by atoms with Crippen LogP contribution in [0.4, 0.5) is 9.59 Å². The number of carboxylic acid groups (broad SMARTS) is 1. The number of hydrogen-bond donors (Lipinski definition) is 2. The number of methoxy groups -OCH3 is 1. The van der Waals surface area contributed by atoms with Gasteiger partial charge in [0, 0.05) is 38.8 Å². The minimum Gasteiger partial charge on any atom is -0.480 e. The Morgan fingerprint density at radius 1 is 1.00 bits per heavy atom. The maximum absolute atomic E-state index is 13.6. The van der Waals surface area contributed by atoms with Crippen molar-refractivity contribution in [1.29, 1.82) is 0 Å². The molecule has 2 aliphatic carbocycles. The first-order chi connectivity index (χ1) is 26.7. The molecule has 4 aliphatic rings. The second kappa shape index (κ2) is 19.1. The van der Waals surface area contributed by atoms with E-state index in [1.165, 1.54) is 16.0 Å². The van der Waals surface area contributed by atoms with Crippen molar-refractivity contribution < 1.29 is 48.0 Å². The zero-order valence-corrected chi connectivity index (χ0v) is 33.4. The first-order valence-corrected chi connectivity index (χ1v) is 19.9. The van der Waals surface area contributed by atoms with Gasteiger partial charge in [0.05, 0.1) is 19.3 Å². The summed E-state index contributed by atoms with van der Waals surface area (Å²) >= 11 is 0. The number of fused-ring (bicyclic) bond motifs is 3. The zero-order valence-electron chi connectivity index (χ0n) is 33.4. The number of likely N-dealkylation sites (tertiary alicyclic amines) is 1. The molecule has 6 rings (SSSR count). The largest absolute Gasteiger partial charge is 0.480 e. The molecule has 56 heavy (non-hydrogen) atoms. The molecule has 0 radical (unpaired) electrons. The minimum atomic E-state index is -1.07. The summed E-state index contributed by atoms with van der Waals surface area (Å²) in [6, 6.07) is 14.8. The number of Topliss-reactive ketones (excluding diaryl/α,β-unsaturated/α-hetero) is 2. The fourth-order valence-corrected chi connectivity index (χ4v) is 7.95. The Bertz CT molecular complexity index is 1700. The van der Waals surface area contributed by atoms with Crippen LogP contribution in [0, 0.1) is 17.3 Å². The quantitative estimate of drug-likeness (QED) is 0.176. The van der Waals surface area contributed by atoms with Crippen LogP contribution in [0.15, 0.2) is 60.7 Å². The summed E-state index contributed by atoms with van der Waals surface area (Å²) in [5.74, 6) is -0.808. The van der Waals surface area contributed by atoms with Crippen molar-refractivity contribution in [3.63, 3.8) is 0 Å². The topological polar surface area (TPSA) is 158 Å². The van der Waals surface area contributed by atoms with Gasteiger partial charge in [0.1, 0.15) is 24.9 Å². The summed E-state index contributed by atoms with van der Waals surface area (Å²) in [5.41, 5.74) is 4.90. The molecule has 0 spiro atoms. The molecule has 2 N–H and O–H groups in total. The number of nitrogens with one attached hydrogen (secondary N) is 1. The molecule has 1 unspecified atom stereocenters. The van der Waals surface area contributed by atoms with E-state index in [0.717, 1.165) is 42.4 Å². The van der Waals surface area contributed by atoms with Gasteiger partial charge in [-0.3, -0.25) is 14.5 Å². The summed E-state index contributed by atoms with van der Waals surface area (Å²) < 4.78 is 21.6. The molecule has 2 amide bonds. The Morgan fingerprint density at radius 3 is 2.18 bits per heavy atom. The summed E-state index contributed by atoms with van der Waals surface area (Å²) in [6.07, 6.45) is 3.52. The zero-order chi connectivity index (χ0) is 40.6. The van der Waals surface area contributed by atoms with Gasteiger partial charge in [0.15, 0.2) is 11.6 Å². The lowest BCUT2D eigenvalue weighted by Gasteiger charge is -2.28. The second-order valence-corrected chi connectivity index (χ2v) is 16.6. The van der Waals surface area contributed by atoms with Gasteiger partial charge in [-0.15, -0.1) is 0 Å². The van der Waals surface area contributed by atoms with E-state index < -0.39 is 41.8 Å². The maximum Gasteiger partial charge on any atom is 0.410 e. The highest BCUT2D eigenvalue weighted by Crippen LogP contribution is 2.44. The van der Waals surface area contributed by atoms with E-state index in [1.807, 2.05) is 24.3 Å². The molecule has 1 saturated carbocycles. The third-order valence-electron chi connectivity index (χ3n) is 11.0. The van der Waals surface area contributed by atoms with Crippen LogP contribution in [0.25, 0.3) is 11.1 Å². The number of amides is 2. The van der Waals surface area contributed by atoms with Crippen LogP contribution >= 0.6 is 0 Å². The molecular formula is C44H58N2O10. The van der Waals surface area contributed by atoms with Gasteiger partial charge in [-0.25, -0.2) is 14.4 Å². The Morgan fingerprint density at radius 2 is 1.64 bits per heavy atom. The molecule has 0 bridgehead atoms. The average Bonchev–Trinajstić information content (AvgIpc) is 3.50. The molecule has 2 aliphatic heterocycles. The van der Waals surface area contributed by atoms with Crippen molar-refractivity contribution in [2.75, 3.05) is 33.5 Å². The molecule has 2 heterocycles. The Hall–Kier alpha value is -4.55. The molecule has 2 aromatic carbocycles. The normalized spacial score (nSPS) is 20.5. The van der Waals surface area contributed by atoms with Gasteiger partial charge < -0.3 is 29.4 Å². The molecule has 2 saturated heterocycles. The molecule has 304 valence electrons. The monoisotopic (exact) mass is 774 g/mol. The molecule has 5 atom stereocenters. The Labute approximate surface area is 330 Å². The first-order valence-electron chi connectivity index (χ1n) is 19.9. The minimum absolute atomic E-state index is 0.0461. The van der Waals surface area contributed by atoms with E-state index in [0.29, 0.717) is 44.9 Å². The van der Waals surface area contributed by atoms with E-state index in [-0.39, 0.29) is 42.5 Å². The maximum atomic E-state index is 13.6. The fourth-order valence-electron chi connectivity index (χ4n) is 7.95. The number of carbonyl (C=O) groups is 5. The van der Waals surface area contributed by atoms with Crippen LogP contribution in [0.2, 0.25) is 0 Å². The van der Waals surface area contributed by atoms with Crippen molar-refractivity contribution >= 4 is 29.7 Å². The third-order valence-corrected chi connectivity index (χ3v) is 11.0. The van der Waals surface area contributed by atoms with Crippen molar-refractivity contribution in [1.82, 2.24) is 10.2 Å². The Balaban J connectivity index is 0.000000297. The van der Waals surface area contributed by atoms with Gasteiger partial charge in [0.25, 0.3) is 0 Å². The van der Waals surface area contributed by atoms with E-state index in [9.17, 15) is 24.0 Å². The van der Waals surface area contributed by atoms with Gasteiger partial charge in [-0.1, -0.05) is 94.8 Å². The van der Waals surface area contributed by atoms with Crippen LogP contribution in [0.1, 0.15) is 96.1 Å². The number of hydrogen-bond acceptors (Lipinski definition) is 9. The van der Waals surface area contributed by atoms with E-state index in [1.54, 1.807) is 27.9 Å². The number of aliphatic carboxylic acids is 1. The van der Waals surface area contributed by atoms with Gasteiger partial charge >= 0.3 is 18.2 Å². The lowest BCUT2D eigenvalue weighted by molar-refractivity contribution is -0.142. The number of ether oxygens (including phenoxy) is 4. The van der Waals surface area contributed by atoms with Crippen LogP contribution in [-0.2, 0) is 33.3 Å². The predicted molar refractivity (Wildman–Crippen MR) is 210 cm³/mol. The highest BCUT2D eigenvalue weighted by Gasteiger charge is 2.41. The van der Waals surface area contributed by atoms with Crippen LogP contribution in [-0.4, -0.2) is 97.5 Å². The molecule has 2 aromatic rings. The Kier molecular flexibility index (Phi) is 14.5. The van der Waals surface area contributed by atoms with Crippen molar-refractivity contribution in [3.8, 4) is 11.1 Å². The number of alkyl carbamates (subject to hydrolysis) is 1. The second-order valence-electron chi connectivity index (χ2n) is 16.6. The molecular weight excluding hydrogens is 716 g/mol. The van der Waals surface area contributed by atoms with Crippen molar-refractivity contribution in [2.24, 2.45) is 17.3 Å². The standard InChI is InChI=1S/C33H39NO5.C11H19NO5/c1-4-9-23(32(38-3)31(36)17-22-14-15-22)18-30(35)29-16-21(2)19-34(29)33(37)39-20-28-26-12-7-5-10-24(26)25-11-6-8-13-27(25)28;1-11(2,3)8(9(13)14)12-10(15)17-7-4-5-16-6-7/h5-8,10-13,22-23,28-29,32H,2,4,9,14-20H2,1,3H3;7-8H,4-6H2,1-3H3,(H,12,15)(H,13,14)/t23-,29+,32?;7-,8+/m10/s1. The summed E-state index contributed by atoms with van der Waals surface area (Å²) in [5, 5.41) is 11.4. The molecule has 3 fully saturated rings. The predicted octanol–water partition coefficient (Wildman–Crippen LogP) is 7.33. The summed E-state index contributed by atoms with van der Waals surface area (Å²) in [4.78, 5) is 63.9. The fraction of sp³-hybridized carbons (Fsp3) is 0.568. The van der Waals surface area contributed by atoms with E-state index in [2.05, 4.69) is 43.1 Å². The summed E-state index contributed by atoms with van der Waals surface area (Å²) in [7, 11) is 1.56. The van der Waals surface area contributed by atoms with E-state index >= 15 is 0 Å². The number of carboxylic acids is 1. The van der Waals surface area contributed by atoms with Crippen molar-refractivity contribution in [2.45, 2.75) is 109 Å². The van der Waals surface area contributed by atoms with Gasteiger partial charge in [-0.05, 0) is 65.2 Å². The number of rotatable bonds is 15. The van der Waals surface area contributed by atoms with Gasteiger partial charge in [0.2, 0.25) is 0 Å². The summed E-state index contributed by atoms with van der Waals surface area (Å²) in [6.45, 7) is 12.8. The highest BCUT2D eigenvalue weighted by atomic mass is 16.6. The molecule has 0 aromatic heterocycles. The van der Waals surface area contributed by atoms with E-state index in [4.69, 9.17) is 24.1 Å². The lowest BCUT2D eigenvalue weighted by Crippen LogP contribution is -2.49. The van der Waals surface area contributed by atoms with Crippen LogP contribution < -0.4 is 5.32 Å². The van der Waals surface area contributed by atoms with Gasteiger partial charge in [-0.2, -0.15) is 0 Å². The smallest absolute Gasteiger partial charge is 0.410 e. The number of benzene rings is 2. The lowest BCUT2D eigenvalue weighted by atomic mass is 9.86.